The molecule has 0 radical (unpaired) electrons. The van der Waals surface area contributed by atoms with E-state index in [-0.39, 0.29) is 0 Å². The van der Waals surface area contributed by atoms with E-state index < -0.39 is 0 Å². The van der Waals surface area contributed by atoms with Crippen LogP contribution in [0.1, 0.15) is 50.4 Å². The first-order chi connectivity index (χ1) is 15.3. The maximum absolute atomic E-state index is 4.88. The molecule has 6 nitrogen and oxygen atoms in total. The summed E-state index contributed by atoms with van der Waals surface area (Å²) in [4.78, 5) is 13.8. The van der Waals surface area contributed by atoms with Crippen molar-refractivity contribution in [1.29, 1.82) is 0 Å². The van der Waals surface area contributed by atoms with Crippen LogP contribution in [0.4, 0.5) is 17.2 Å². The molecule has 0 saturated carbocycles. The average Bonchev–Trinajstić information content (AvgIpc) is 2.76. The van der Waals surface area contributed by atoms with Gasteiger partial charge in [-0.05, 0) is 76.6 Å². The maximum atomic E-state index is 4.88. The molecular weight excluding hydrogens is 396 g/mol. The smallest absolute Gasteiger partial charge is 0.160 e. The summed E-state index contributed by atoms with van der Waals surface area (Å²) in [5, 5.41) is 10.5. The Kier molecular flexibility index (Phi) is 8.39. The zero-order valence-corrected chi connectivity index (χ0v) is 20.3. The van der Waals surface area contributed by atoms with E-state index in [4.69, 9.17) is 4.99 Å². The summed E-state index contributed by atoms with van der Waals surface area (Å²) in [5.41, 5.74) is 6.90. The Bertz CT molecular complexity index is 957. The Hall–Kier alpha value is -2.73. The SMILES string of the molecule is C=C(NCC1CCCNC1)C(C)=Nc1c(C)ncnc1Nc1ccc(C)cc1CC(C)C. The molecule has 0 amide bonds. The Morgan fingerprint density at radius 2 is 2.09 bits per heavy atom. The topological polar surface area (TPSA) is 74.2 Å². The molecule has 6 heteroatoms. The molecule has 1 aromatic heterocycles. The number of aromatic nitrogens is 2. The predicted octanol–water partition coefficient (Wildman–Crippen LogP) is 5.23. The second-order valence-electron chi connectivity index (χ2n) is 9.31. The first-order valence-electron chi connectivity index (χ1n) is 11.7. The summed E-state index contributed by atoms with van der Waals surface area (Å²) in [6.07, 6.45) is 5.08. The summed E-state index contributed by atoms with van der Waals surface area (Å²) in [6.45, 7) is 17.9. The molecule has 1 atom stereocenters. The lowest BCUT2D eigenvalue weighted by molar-refractivity contribution is 0.371. The molecule has 3 rings (SSSR count). The van der Waals surface area contributed by atoms with Gasteiger partial charge in [0.2, 0.25) is 0 Å². The van der Waals surface area contributed by atoms with Gasteiger partial charge in [-0.3, -0.25) is 0 Å². The molecular formula is C26H38N6. The van der Waals surface area contributed by atoms with Gasteiger partial charge in [-0.15, -0.1) is 0 Å². The molecule has 2 aromatic rings. The van der Waals surface area contributed by atoms with Crippen molar-refractivity contribution in [2.24, 2.45) is 16.8 Å². The van der Waals surface area contributed by atoms with Crippen molar-refractivity contribution in [3.8, 4) is 0 Å². The summed E-state index contributed by atoms with van der Waals surface area (Å²) in [7, 11) is 0. The highest BCUT2D eigenvalue weighted by atomic mass is 15.1. The second kappa shape index (κ2) is 11.2. The summed E-state index contributed by atoms with van der Waals surface area (Å²) < 4.78 is 0. The highest BCUT2D eigenvalue weighted by molar-refractivity contribution is 5.99. The molecule has 1 aliphatic heterocycles. The van der Waals surface area contributed by atoms with Crippen molar-refractivity contribution >= 4 is 22.9 Å². The molecule has 32 heavy (non-hydrogen) atoms. The quantitative estimate of drug-likeness (QED) is 0.471. The maximum Gasteiger partial charge on any atom is 0.160 e. The van der Waals surface area contributed by atoms with Crippen molar-refractivity contribution in [3.63, 3.8) is 0 Å². The van der Waals surface area contributed by atoms with Crippen molar-refractivity contribution in [2.75, 3.05) is 25.0 Å². The average molecular weight is 435 g/mol. The van der Waals surface area contributed by atoms with E-state index in [0.717, 1.165) is 60.4 Å². The van der Waals surface area contributed by atoms with Gasteiger partial charge in [0.25, 0.3) is 0 Å². The van der Waals surface area contributed by atoms with Crippen LogP contribution in [-0.2, 0) is 6.42 Å². The van der Waals surface area contributed by atoms with Crippen molar-refractivity contribution < 1.29 is 0 Å². The van der Waals surface area contributed by atoms with Crippen LogP contribution in [-0.4, -0.2) is 35.3 Å². The molecule has 2 heterocycles. The minimum atomic E-state index is 0.568. The van der Waals surface area contributed by atoms with Crippen LogP contribution in [0.2, 0.25) is 0 Å². The lowest BCUT2D eigenvalue weighted by Gasteiger charge is -2.24. The normalized spacial score (nSPS) is 16.8. The number of benzene rings is 1. The Balaban J connectivity index is 1.79. The fraction of sp³-hybridized carbons (Fsp3) is 0.500. The summed E-state index contributed by atoms with van der Waals surface area (Å²) >= 11 is 0. The van der Waals surface area contributed by atoms with E-state index in [1.807, 2.05) is 13.8 Å². The number of piperidine rings is 1. The molecule has 1 aromatic carbocycles. The van der Waals surface area contributed by atoms with Crippen LogP contribution < -0.4 is 16.0 Å². The van der Waals surface area contributed by atoms with Crippen LogP contribution in [0.25, 0.3) is 0 Å². The van der Waals surface area contributed by atoms with Gasteiger partial charge in [-0.25, -0.2) is 15.0 Å². The second-order valence-corrected chi connectivity index (χ2v) is 9.31. The van der Waals surface area contributed by atoms with Crippen molar-refractivity contribution in [2.45, 2.75) is 53.9 Å². The number of hydrogen-bond acceptors (Lipinski definition) is 6. The van der Waals surface area contributed by atoms with Gasteiger partial charge in [0.05, 0.1) is 11.4 Å². The van der Waals surface area contributed by atoms with Crippen LogP contribution in [0, 0.1) is 25.7 Å². The van der Waals surface area contributed by atoms with Gasteiger partial charge in [-0.1, -0.05) is 38.1 Å². The van der Waals surface area contributed by atoms with E-state index in [2.05, 4.69) is 71.5 Å². The number of nitrogens with one attached hydrogen (secondary N) is 3. The fourth-order valence-electron chi connectivity index (χ4n) is 4.00. The van der Waals surface area contributed by atoms with Gasteiger partial charge in [0, 0.05) is 17.9 Å². The first kappa shape index (κ1) is 23.9. The van der Waals surface area contributed by atoms with Gasteiger partial charge in [-0.2, -0.15) is 0 Å². The summed E-state index contributed by atoms with van der Waals surface area (Å²) in [5.74, 6) is 1.92. The minimum absolute atomic E-state index is 0.568. The summed E-state index contributed by atoms with van der Waals surface area (Å²) in [6, 6.07) is 6.50. The third-order valence-electron chi connectivity index (χ3n) is 5.87. The van der Waals surface area contributed by atoms with Gasteiger partial charge >= 0.3 is 0 Å². The lowest BCUT2D eigenvalue weighted by Crippen LogP contribution is -2.36. The molecule has 0 bridgehead atoms. The van der Waals surface area contributed by atoms with Crippen LogP contribution in [0.5, 0.6) is 0 Å². The van der Waals surface area contributed by atoms with Crippen LogP contribution >= 0.6 is 0 Å². The molecule has 0 spiro atoms. The van der Waals surface area contributed by atoms with Crippen molar-refractivity contribution in [1.82, 2.24) is 20.6 Å². The highest BCUT2D eigenvalue weighted by Gasteiger charge is 2.15. The third-order valence-corrected chi connectivity index (χ3v) is 5.87. The zero-order valence-electron chi connectivity index (χ0n) is 20.3. The minimum Gasteiger partial charge on any atom is -0.384 e. The Labute approximate surface area is 193 Å². The van der Waals surface area contributed by atoms with Gasteiger partial charge in [0.1, 0.15) is 12.0 Å². The van der Waals surface area contributed by atoms with Gasteiger partial charge < -0.3 is 16.0 Å². The third kappa shape index (κ3) is 6.63. The number of nitrogens with zero attached hydrogens (tertiary/aromatic N) is 3. The molecule has 1 aliphatic rings. The number of rotatable bonds is 9. The Morgan fingerprint density at radius 1 is 1.28 bits per heavy atom. The highest BCUT2D eigenvalue weighted by Crippen LogP contribution is 2.31. The number of aliphatic imine (C=N–C) groups is 1. The molecule has 0 aliphatic carbocycles. The number of allylic oxidation sites excluding steroid dienone is 1. The largest absolute Gasteiger partial charge is 0.384 e. The molecule has 172 valence electrons. The monoisotopic (exact) mass is 434 g/mol. The van der Waals surface area contributed by atoms with Crippen molar-refractivity contribution in [3.05, 3.63) is 53.6 Å². The van der Waals surface area contributed by atoms with Gasteiger partial charge in [0.15, 0.2) is 5.82 Å². The Morgan fingerprint density at radius 3 is 2.81 bits per heavy atom. The van der Waals surface area contributed by atoms with E-state index in [9.17, 15) is 0 Å². The lowest BCUT2D eigenvalue weighted by atomic mass is 9.99. The number of aryl methyl sites for hydroxylation is 2. The fourth-order valence-corrected chi connectivity index (χ4v) is 4.00. The number of anilines is 2. The van der Waals surface area contributed by atoms with E-state index in [0.29, 0.717) is 11.8 Å². The van der Waals surface area contributed by atoms with Crippen LogP contribution in [0.3, 0.4) is 0 Å². The van der Waals surface area contributed by atoms with Crippen LogP contribution in [0.15, 0.2) is 41.8 Å². The molecule has 3 N–H and O–H groups in total. The molecule has 1 fully saturated rings. The molecule has 1 unspecified atom stereocenters. The van der Waals surface area contributed by atoms with E-state index in [1.54, 1.807) is 6.33 Å². The standard InChI is InChI=1S/C26H38N6/c1-17(2)12-23-13-18(3)9-10-24(23)32-26-25(21(6)29-16-30-26)31-20(5)19(4)28-15-22-8-7-11-27-14-22/h9-10,13,16-17,22,27-28H,4,7-8,11-12,14-15H2,1-3,5-6H3,(H,29,30,32). The van der Waals surface area contributed by atoms with E-state index in [1.165, 1.54) is 24.0 Å². The zero-order chi connectivity index (χ0) is 23.1. The first-order valence-corrected chi connectivity index (χ1v) is 11.7. The predicted molar refractivity (Wildman–Crippen MR) is 135 cm³/mol. The van der Waals surface area contributed by atoms with E-state index >= 15 is 0 Å². The molecule has 1 saturated heterocycles. The number of hydrogen-bond donors (Lipinski definition) is 3.